The molecule has 12 heteroatoms. The lowest BCUT2D eigenvalue weighted by Crippen LogP contribution is -2.56. The minimum Gasteiger partial charge on any atom is -0.493 e. The van der Waals surface area contributed by atoms with Crippen LogP contribution in [0.3, 0.4) is 0 Å². The van der Waals surface area contributed by atoms with Crippen molar-refractivity contribution in [3.05, 3.63) is 32.9 Å². The average molecular weight is 648 g/mol. The Hall–Kier alpha value is -1.97. The highest BCUT2D eigenvalue weighted by atomic mass is 127. The number of ether oxygens (including phenoxy) is 4. The minimum atomic E-state index is -1.17. The highest BCUT2D eigenvalue weighted by Gasteiger charge is 2.41. The first kappa shape index (κ1) is 30.6. The van der Waals surface area contributed by atoms with Gasteiger partial charge in [-0.3, -0.25) is 9.59 Å². The zero-order valence-corrected chi connectivity index (χ0v) is 23.9. The molecule has 0 unspecified atom stereocenters. The fraction of sp³-hybridized carbons (Fsp3) is 0.615. The van der Waals surface area contributed by atoms with Crippen molar-refractivity contribution in [3.8, 4) is 11.5 Å². The third kappa shape index (κ3) is 7.79. The van der Waals surface area contributed by atoms with Crippen molar-refractivity contribution in [2.24, 2.45) is 0 Å². The topological polar surface area (TPSA) is 147 Å². The summed E-state index contributed by atoms with van der Waals surface area (Å²) in [7, 11) is 2.99. The molecule has 1 fully saturated rings. The molecule has 1 saturated heterocycles. The highest BCUT2D eigenvalue weighted by molar-refractivity contribution is 14.1. The molecule has 3 rings (SSSR count). The third-order valence-corrected chi connectivity index (χ3v) is 7.41. The van der Waals surface area contributed by atoms with Gasteiger partial charge in [-0.05, 0) is 59.2 Å². The van der Waals surface area contributed by atoms with Crippen molar-refractivity contribution < 1.29 is 43.9 Å². The molecule has 38 heavy (non-hydrogen) atoms. The van der Waals surface area contributed by atoms with Gasteiger partial charge in [-0.25, -0.2) is 0 Å². The van der Waals surface area contributed by atoms with E-state index in [0.717, 1.165) is 12.8 Å². The van der Waals surface area contributed by atoms with E-state index >= 15 is 0 Å². The number of rotatable bonds is 13. The van der Waals surface area contributed by atoms with Gasteiger partial charge in [-0.15, -0.1) is 0 Å². The first-order chi connectivity index (χ1) is 18.3. The minimum absolute atomic E-state index is 0.0651. The molecule has 1 aromatic rings. The number of hydrogen-bond acceptors (Lipinski definition) is 9. The number of carbonyl (C=O) groups is 2. The molecule has 2 amide bonds. The number of carbonyl (C=O) groups excluding carboxylic acids is 2. The van der Waals surface area contributed by atoms with Crippen molar-refractivity contribution in [2.75, 3.05) is 47.1 Å². The summed E-state index contributed by atoms with van der Waals surface area (Å²) >= 11 is 2.06. The lowest BCUT2D eigenvalue weighted by molar-refractivity contribution is -0.141. The Morgan fingerprint density at radius 1 is 1.26 bits per heavy atom. The number of aliphatic hydroxyl groups is 3. The van der Waals surface area contributed by atoms with Crippen molar-refractivity contribution in [2.45, 2.75) is 56.6 Å². The van der Waals surface area contributed by atoms with Crippen LogP contribution in [0.4, 0.5) is 0 Å². The predicted molar refractivity (Wildman–Crippen MR) is 146 cm³/mol. The van der Waals surface area contributed by atoms with Gasteiger partial charge in [0.25, 0.3) is 0 Å². The van der Waals surface area contributed by atoms with Gasteiger partial charge in [-0.1, -0.05) is 0 Å². The van der Waals surface area contributed by atoms with Crippen molar-refractivity contribution in [1.29, 1.82) is 0 Å². The van der Waals surface area contributed by atoms with Gasteiger partial charge >= 0.3 is 0 Å². The highest BCUT2D eigenvalue weighted by Crippen LogP contribution is 2.37. The van der Waals surface area contributed by atoms with Crippen LogP contribution in [0.15, 0.2) is 23.8 Å². The second-order valence-electron chi connectivity index (χ2n) is 9.21. The van der Waals surface area contributed by atoms with Gasteiger partial charge in [0, 0.05) is 38.8 Å². The number of hydrogen-bond donors (Lipinski definition) is 4. The Labute approximate surface area is 236 Å². The zero-order valence-electron chi connectivity index (χ0n) is 21.7. The van der Waals surface area contributed by atoms with Crippen LogP contribution in [-0.2, 0) is 25.7 Å². The van der Waals surface area contributed by atoms with E-state index in [1.165, 1.54) is 14.2 Å². The first-order valence-corrected chi connectivity index (χ1v) is 13.7. The Kier molecular flexibility index (Phi) is 12.1. The molecule has 1 heterocycles. The van der Waals surface area contributed by atoms with Crippen LogP contribution in [0.1, 0.15) is 31.2 Å². The summed E-state index contributed by atoms with van der Waals surface area (Å²) in [6, 6.07) is 2.61. The van der Waals surface area contributed by atoms with Crippen molar-refractivity contribution in [3.63, 3.8) is 0 Å². The largest absolute Gasteiger partial charge is 0.493 e. The van der Waals surface area contributed by atoms with Crippen LogP contribution in [0.5, 0.6) is 11.5 Å². The normalized spacial score (nSPS) is 23.1. The van der Waals surface area contributed by atoms with Gasteiger partial charge in [0.05, 0.1) is 49.1 Å². The first-order valence-electron chi connectivity index (χ1n) is 12.6. The SMILES string of the molecule is COCCC(=O)N(C[C@H]1CCCO1)[C@@H]1CC(C(=O)NCCO)=C[C@H](Oc2c(I)cc(CO)cc2OC)[C@H]1O. The number of nitrogens with one attached hydrogen (secondary N) is 1. The molecule has 0 spiro atoms. The van der Waals surface area contributed by atoms with E-state index in [0.29, 0.717) is 32.8 Å². The summed E-state index contributed by atoms with van der Waals surface area (Å²) in [5.74, 6) is 0.0740. The van der Waals surface area contributed by atoms with Crippen LogP contribution in [0.2, 0.25) is 0 Å². The quantitative estimate of drug-likeness (QED) is 0.228. The standard InChI is InChI=1S/C26H37IN2O9/c1-35-9-5-23(32)29(14-18-4-3-8-37-18)20-12-17(26(34)28-6-7-30)13-21(24(20)33)38-25-19(27)10-16(15-31)11-22(25)36-2/h10-11,13,18,20-21,24,30-31,33H,3-9,12,14-15H2,1-2H3,(H,28,34)/t18-,20-,21+,24+/m1/s1. The smallest absolute Gasteiger partial charge is 0.247 e. The molecule has 212 valence electrons. The second-order valence-corrected chi connectivity index (χ2v) is 10.4. The average Bonchev–Trinajstić information content (AvgIpc) is 3.44. The molecule has 0 saturated carbocycles. The molecule has 1 aliphatic carbocycles. The number of methoxy groups -OCH3 is 2. The lowest BCUT2D eigenvalue weighted by atomic mass is 9.87. The molecule has 2 aliphatic rings. The van der Waals surface area contributed by atoms with E-state index in [9.17, 15) is 24.9 Å². The molecule has 4 N–H and O–H groups in total. The van der Waals surface area contributed by atoms with Crippen LogP contribution >= 0.6 is 22.6 Å². The summed E-state index contributed by atoms with van der Waals surface area (Å²) in [5, 5.41) is 32.9. The number of halogens is 1. The van der Waals surface area contributed by atoms with E-state index in [1.54, 1.807) is 23.1 Å². The number of amides is 2. The molecule has 0 radical (unpaired) electrons. The Morgan fingerprint density at radius 3 is 2.68 bits per heavy atom. The van der Waals surface area contributed by atoms with Crippen LogP contribution < -0.4 is 14.8 Å². The van der Waals surface area contributed by atoms with E-state index in [-0.39, 0.29) is 57.8 Å². The van der Waals surface area contributed by atoms with E-state index in [1.807, 2.05) is 0 Å². The van der Waals surface area contributed by atoms with Gasteiger partial charge < -0.3 is 44.5 Å². The third-order valence-electron chi connectivity index (χ3n) is 6.61. The summed E-state index contributed by atoms with van der Waals surface area (Å²) in [6.07, 6.45) is 1.11. The predicted octanol–water partition coefficient (Wildman–Crippen LogP) is 0.752. The van der Waals surface area contributed by atoms with Gasteiger partial charge in [0.2, 0.25) is 11.8 Å². The van der Waals surface area contributed by atoms with Crippen LogP contribution in [0, 0.1) is 3.57 Å². The maximum Gasteiger partial charge on any atom is 0.247 e. The second kappa shape index (κ2) is 15.0. The van der Waals surface area contributed by atoms with E-state index < -0.39 is 24.2 Å². The fourth-order valence-corrected chi connectivity index (χ4v) is 5.45. The maximum absolute atomic E-state index is 13.3. The molecule has 1 aromatic carbocycles. The van der Waals surface area contributed by atoms with Crippen LogP contribution in [0.25, 0.3) is 0 Å². The maximum atomic E-state index is 13.3. The molecule has 11 nitrogen and oxygen atoms in total. The number of aliphatic hydroxyl groups excluding tert-OH is 3. The summed E-state index contributed by atoms with van der Waals surface area (Å²) in [6.45, 7) is 0.760. The van der Waals surface area contributed by atoms with E-state index in [4.69, 9.17) is 18.9 Å². The van der Waals surface area contributed by atoms with Gasteiger partial charge in [-0.2, -0.15) is 0 Å². The van der Waals surface area contributed by atoms with Crippen molar-refractivity contribution >= 4 is 34.4 Å². The molecule has 0 aromatic heterocycles. The molecular weight excluding hydrogens is 611 g/mol. The molecule has 1 aliphatic heterocycles. The number of nitrogens with zero attached hydrogens (tertiary/aromatic N) is 1. The van der Waals surface area contributed by atoms with E-state index in [2.05, 4.69) is 27.9 Å². The monoisotopic (exact) mass is 648 g/mol. The Bertz CT molecular complexity index is 984. The lowest BCUT2D eigenvalue weighted by Gasteiger charge is -2.41. The summed E-state index contributed by atoms with van der Waals surface area (Å²) < 4.78 is 23.3. The number of benzene rings is 1. The van der Waals surface area contributed by atoms with Gasteiger partial charge in [0.15, 0.2) is 11.5 Å². The van der Waals surface area contributed by atoms with Crippen LogP contribution in [-0.4, -0.2) is 104 Å². The van der Waals surface area contributed by atoms with Gasteiger partial charge in [0.1, 0.15) is 12.2 Å². The zero-order chi connectivity index (χ0) is 27.7. The summed E-state index contributed by atoms with van der Waals surface area (Å²) in [5.41, 5.74) is 0.961. The Morgan fingerprint density at radius 2 is 2.05 bits per heavy atom. The fourth-order valence-electron chi connectivity index (χ4n) is 4.66. The van der Waals surface area contributed by atoms with Crippen molar-refractivity contribution in [1.82, 2.24) is 10.2 Å². The molecule has 0 bridgehead atoms. The Balaban J connectivity index is 1.97. The molecular formula is C26H37IN2O9. The molecule has 4 atom stereocenters. The summed E-state index contributed by atoms with van der Waals surface area (Å²) in [4.78, 5) is 27.9.